The van der Waals surface area contributed by atoms with E-state index in [1.165, 1.54) is 6.42 Å². The molecule has 0 radical (unpaired) electrons. The second-order valence-electron chi connectivity index (χ2n) is 5.40. The molecule has 19 heavy (non-hydrogen) atoms. The number of carbonyl (C=O) groups is 1. The van der Waals surface area contributed by atoms with E-state index in [2.05, 4.69) is 9.89 Å². The molecule has 0 bridgehead atoms. The van der Waals surface area contributed by atoms with Gasteiger partial charge in [-0.15, -0.1) is 0 Å². The molecule has 0 spiro atoms. The molecule has 3 rings (SSSR count). The minimum atomic E-state index is -0.978. The highest BCUT2D eigenvalue weighted by molar-refractivity contribution is 6.08. The van der Waals surface area contributed by atoms with Crippen molar-refractivity contribution in [3.63, 3.8) is 0 Å². The number of aliphatic hydroxyl groups excluding tert-OH is 1. The summed E-state index contributed by atoms with van der Waals surface area (Å²) < 4.78 is 0. The van der Waals surface area contributed by atoms with Gasteiger partial charge in [0, 0.05) is 11.6 Å². The van der Waals surface area contributed by atoms with Crippen LogP contribution in [0.1, 0.15) is 30.4 Å². The van der Waals surface area contributed by atoms with Crippen LogP contribution in [0.3, 0.4) is 0 Å². The molecule has 0 saturated heterocycles. The SMILES string of the molecule is Cc1cccc(C2=NC(=O)C(O)CN2C2CCC2)c1. The van der Waals surface area contributed by atoms with Crippen LogP contribution in [0.15, 0.2) is 29.3 Å². The number of β-amino-alcohol motifs (C(OH)–C–C–N with tert-alkyl or cyclic N) is 1. The van der Waals surface area contributed by atoms with Crippen LogP contribution in [0, 0.1) is 6.92 Å². The first-order valence-electron chi connectivity index (χ1n) is 6.79. The maximum atomic E-state index is 11.7. The zero-order valence-corrected chi connectivity index (χ0v) is 11.0. The summed E-state index contributed by atoms with van der Waals surface area (Å²) in [7, 11) is 0. The molecule has 1 aromatic carbocycles. The standard InChI is InChI=1S/C15H18N2O2/c1-10-4-2-5-11(8-10)14-16-15(19)13(18)9-17(14)12-6-3-7-12/h2,4-5,8,12-13,18H,3,6-7,9H2,1H3. The summed E-state index contributed by atoms with van der Waals surface area (Å²) in [6.45, 7) is 2.40. The van der Waals surface area contributed by atoms with Crippen molar-refractivity contribution in [2.45, 2.75) is 38.3 Å². The van der Waals surface area contributed by atoms with E-state index < -0.39 is 12.0 Å². The van der Waals surface area contributed by atoms with Crippen molar-refractivity contribution in [3.8, 4) is 0 Å². The highest BCUT2D eigenvalue weighted by Crippen LogP contribution is 2.28. The molecule has 1 aromatic rings. The highest BCUT2D eigenvalue weighted by atomic mass is 16.3. The molecule has 1 saturated carbocycles. The van der Waals surface area contributed by atoms with E-state index >= 15 is 0 Å². The van der Waals surface area contributed by atoms with E-state index in [-0.39, 0.29) is 0 Å². The van der Waals surface area contributed by atoms with Gasteiger partial charge in [0.1, 0.15) is 5.84 Å². The van der Waals surface area contributed by atoms with Crippen LogP contribution in [-0.4, -0.2) is 40.4 Å². The molecule has 1 unspecified atom stereocenters. The van der Waals surface area contributed by atoms with Gasteiger partial charge in [0.15, 0.2) is 6.10 Å². The van der Waals surface area contributed by atoms with Gasteiger partial charge in [-0.2, -0.15) is 4.99 Å². The third-order valence-electron chi connectivity index (χ3n) is 3.93. The summed E-state index contributed by atoms with van der Waals surface area (Å²) in [5, 5.41) is 9.74. The normalized spacial score (nSPS) is 24.1. The van der Waals surface area contributed by atoms with Crippen molar-refractivity contribution < 1.29 is 9.90 Å². The summed E-state index contributed by atoms with van der Waals surface area (Å²) in [6.07, 6.45) is 2.47. The van der Waals surface area contributed by atoms with Gasteiger partial charge < -0.3 is 10.0 Å². The lowest BCUT2D eigenvalue weighted by Crippen LogP contribution is -2.52. The molecule has 1 atom stereocenters. The Morgan fingerprint density at radius 3 is 2.79 bits per heavy atom. The maximum absolute atomic E-state index is 11.7. The fourth-order valence-corrected chi connectivity index (χ4v) is 2.63. The smallest absolute Gasteiger partial charge is 0.278 e. The van der Waals surface area contributed by atoms with Crippen LogP contribution in [0.25, 0.3) is 0 Å². The molecular formula is C15H18N2O2. The first kappa shape index (κ1) is 12.4. The van der Waals surface area contributed by atoms with E-state index in [1.807, 2.05) is 31.2 Å². The van der Waals surface area contributed by atoms with E-state index in [4.69, 9.17) is 0 Å². The van der Waals surface area contributed by atoms with Crippen LogP contribution < -0.4 is 0 Å². The van der Waals surface area contributed by atoms with Gasteiger partial charge in [-0.05, 0) is 32.3 Å². The van der Waals surface area contributed by atoms with Crippen LogP contribution in [0.2, 0.25) is 0 Å². The van der Waals surface area contributed by atoms with Crippen molar-refractivity contribution in [2.24, 2.45) is 4.99 Å². The van der Waals surface area contributed by atoms with Crippen molar-refractivity contribution in [1.82, 2.24) is 4.90 Å². The lowest BCUT2D eigenvalue weighted by molar-refractivity contribution is -0.127. The number of carbonyl (C=O) groups excluding carboxylic acids is 1. The third kappa shape index (κ3) is 2.28. The minimum Gasteiger partial charge on any atom is -0.381 e. The zero-order valence-electron chi connectivity index (χ0n) is 11.0. The maximum Gasteiger partial charge on any atom is 0.278 e. The highest BCUT2D eigenvalue weighted by Gasteiger charge is 2.35. The summed E-state index contributed by atoms with van der Waals surface area (Å²) >= 11 is 0. The lowest BCUT2D eigenvalue weighted by atomic mass is 9.90. The number of aliphatic hydroxyl groups is 1. The number of hydrogen-bond donors (Lipinski definition) is 1. The van der Waals surface area contributed by atoms with Crippen LogP contribution in [0.4, 0.5) is 0 Å². The molecule has 1 aliphatic heterocycles. The van der Waals surface area contributed by atoms with Gasteiger partial charge in [-0.1, -0.05) is 23.8 Å². The molecular weight excluding hydrogens is 240 g/mol. The van der Waals surface area contributed by atoms with Gasteiger partial charge in [0.05, 0.1) is 6.54 Å². The van der Waals surface area contributed by atoms with Gasteiger partial charge in [-0.25, -0.2) is 0 Å². The Bertz CT molecular complexity index is 535. The summed E-state index contributed by atoms with van der Waals surface area (Å²) in [5.74, 6) is 0.302. The Morgan fingerprint density at radius 1 is 1.37 bits per heavy atom. The van der Waals surface area contributed by atoms with E-state index in [1.54, 1.807) is 0 Å². The van der Waals surface area contributed by atoms with Crippen LogP contribution in [-0.2, 0) is 4.79 Å². The van der Waals surface area contributed by atoms with E-state index in [0.717, 1.165) is 29.8 Å². The average molecular weight is 258 g/mol. The van der Waals surface area contributed by atoms with Gasteiger partial charge in [-0.3, -0.25) is 4.79 Å². The Labute approximate surface area is 112 Å². The second kappa shape index (κ2) is 4.78. The molecule has 1 heterocycles. The van der Waals surface area contributed by atoms with Crippen molar-refractivity contribution in [1.29, 1.82) is 0 Å². The van der Waals surface area contributed by atoms with E-state index in [9.17, 15) is 9.90 Å². The molecule has 4 heteroatoms. The number of aliphatic imine (C=N–C) groups is 1. The Kier molecular flexibility index (Phi) is 3.11. The molecule has 1 N–H and O–H groups in total. The third-order valence-corrected chi connectivity index (χ3v) is 3.93. The lowest BCUT2D eigenvalue weighted by Gasteiger charge is -2.42. The number of rotatable bonds is 2. The van der Waals surface area contributed by atoms with Crippen LogP contribution >= 0.6 is 0 Å². The molecule has 1 aliphatic carbocycles. The van der Waals surface area contributed by atoms with E-state index in [0.29, 0.717) is 12.6 Å². The monoisotopic (exact) mass is 258 g/mol. The number of hydrogen-bond acceptors (Lipinski definition) is 3. The quantitative estimate of drug-likeness (QED) is 0.874. The van der Waals surface area contributed by atoms with Crippen molar-refractivity contribution in [2.75, 3.05) is 6.54 Å². The first-order valence-corrected chi connectivity index (χ1v) is 6.79. The number of amidine groups is 1. The zero-order chi connectivity index (χ0) is 13.4. The van der Waals surface area contributed by atoms with Crippen molar-refractivity contribution in [3.05, 3.63) is 35.4 Å². The molecule has 2 aliphatic rings. The number of aryl methyl sites for hydroxylation is 1. The van der Waals surface area contributed by atoms with Crippen LogP contribution in [0.5, 0.6) is 0 Å². The molecule has 4 nitrogen and oxygen atoms in total. The summed E-state index contributed by atoms with van der Waals surface area (Å²) in [6, 6.07) is 8.43. The Hall–Kier alpha value is -1.68. The van der Waals surface area contributed by atoms with Crippen molar-refractivity contribution >= 4 is 11.7 Å². The largest absolute Gasteiger partial charge is 0.381 e. The first-order chi connectivity index (χ1) is 9.15. The Balaban J connectivity index is 1.98. The number of nitrogens with zero attached hydrogens (tertiary/aromatic N) is 2. The molecule has 1 amide bonds. The summed E-state index contributed by atoms with van der Waals surface area (Å²) in [5.41, 5.74) is 2.11. The minimum absolute atomic E-state index is 0.371. The number of benzene rings is 1. The fraction of sp³-hybridized carbons (Fsp3) is 0.467. The number of amides is 1. The fourth-order valence-electron chi connectivity index (χ4n) is 2.63. The van der Waals surface area contributed by atoms with Gasteiger partial charge in [0.25, 0.3) is 5.91 Å². The predicted octanol–water partition coefficient (Wildman–Crippen LogP) is 1.50. The molecule has 1 fully saturated rings. The average Bonchev–Trinajstić information content (AvgIpc) is 2.31. The Morgan fingerprint density at radius 2 is 2.16 bits per heavy atom. The van der Waals surface area contributed by atoms with Gasteiger partial charge >= 0.3 is 0 Å². The molecule has 100 valence electrons. The molecule has 0 aromatic heterocycles. The predicted molar refractivity (Wildman–Crippen MR) is 73.1 cm³/mol. The van der Waals surface area contributed by atoms with Gasteiger partial charge in [0.2, 0.25) is 0 Å². The second-order valence-corrected chi connectivity index (χ2v) is 5.40. The topological polar surface area (TPSA) is 52.9 Å². The summed E-state index contributed by atoms with van der Waals surface area (Å²) in [4.78, 5) is 17.9.